The molecule has 1 N–H and O–H groups in total. The molecule has 1 aliphatic carbocycles. The van der Waals surface area contributed by atoms with Gasteiger partial charge in [0.15, 0.2) is 0 Å². The van der Waals surface area contributed by atoms with Gasteiger partial charge in [0.05, 0.1) is 0 Å². The Bertz CT molecular complexity index is 341. The van der Waals surface area contributed by atoms with Crippen LogP contribution in [-0.2, 0) is 4.79 Å². The number of rotatable bonds is 2. The fraction of sp³-hybridized carbons (Fsp3) is 0.923. The highest BCUT2D eigenvalue weighted by Crippen LogP contribution is 2.43. The van der Waals surface area contributed by atoms with E-state index in [-0.39, 0.29) is 24.8 Å². The summed E-state index contributed by atoms with van der Waals surface area (Å²) >= 11 is 0. The van der Waals surface area contributed by atoms with Gasteiger partial charge in [-0.1, -0.05) is 0 Å². The zero-order valence-electron chi connectivity index (χ0n) is 10.7. The van der Waals surface area contributed by atoms with Crippen LogP contribution in [-0.4, -0.2) is 41.9 Å². The molecule has 18 heavy (non-hydrogen) atoms. The van der Waals surface area contributed by atoms with Gasteiger partial charge >= 0.3 is 0 Å². The van der Waals surface area contributed by atoms with E-state index in [0.717, 1.165) is 12.8 Å². The van der Waals surface area contributed by atoms with E-state index in [4.69, 9.17) is 0 Å². The molecule has 3 rings (SSSR count). The van der Waals surface area contributed by atoms with Crippen molar-refractivity contribution in [2.75, 3.05) is 7.05 Å². The summed E-state index contributed by atoms with van der Waals surface area (Å²) in [5, 5.41) is 3.53. The number of amides is 1. The van der Waals surface area contributed by atoms with Crippen LogP contribution in [0.15, 0.2) is 0 Å². The maximum absolute atomic E-state index is 12.8. The summed E-state index contributed by atoms with van der Waals surface area (Å²) in [4.78, 5) is 13.9. The average molecular weight is 258 g/mol. The Morgan fingerprint density at radius 3 is 2.28 bits per heavy atom. The van der Waals surface area contributed by atoms with Crippen LogP contribution in [0.2, 0.25) is 0 Å². The lowest BCUT2D eigenvalue weighted by atomic mass is 9.80. The molecule has 0 aromatic rings. The topological polar surface area (TPSA) is 32.3 Å². The van der Waals surface area contributed by atoms with Crippen molar-refractivity contribution in [2.45, 2.75) is 62.6 Å². The molecule has 2 unspecified atom stereocenters. The summed E-state index contributed by atoms with van der Waals surface area (Å²) in [5.41, 5.74) is 0. The minimum absolute atomic E-state index is 0.0766. The second-order valence-electron chi connectivity index (χ2n) is 6.17. The van der Waals surface area contributed by atoms with Gasteiger partial charge in [-0.05, 0) is 25.7 Å². The smallest absolute Gasteiger partial charge is 0.249 e. The van der Waals surface area contributed by atoms with Crippen LogP contribution in [0.1, 0.15) is 38.5 Å². The van der Waals surface area contributed by atoms with Crippen molar-refractivity contribution in [2.24, 2.45) is 5.92 Å². The van der Waals surface area contributed by atoms with Crippen LogP contribution in [0.5, 0.6) is 0 Å². The molecule has 3 nitrogen and oxygen atoms in total. The van der Waals surface area contributed by atoms with Gasteiger partial charge < -0.3 is 10.2 Å². The molecule has 2 bridgehead atoms. The van der Waals surface area contributed by atoms with E-state index >= 15 is 0 Å². The molecule has 102 valence electrons. The van der Waals surface area contributed by atoms with Crippen LogP contribution < -0.4 is 5.32 Å². The molecular formula is C13H20F2N2O. The first-order valence-corrected chi connectivity index (χ1v) is 6.85. The monoisotopic (exact) mass is 258 g/mol. The van der Waals surface area contributed by atoms with E-state index < -0.39 is 11.8 Å². The zero-order valence-corrected chi connectivity index (χ0v) is 10.7. The Balaban J connectivity index is 1.58. The molecule has 3 aliphatic rings. The summed E-state index contributed by atoms with van der Waals surface area (Å²) in [5.74, 6) is -3.13. The van der Waals surface area contributed by atoms with E-state index in [1.807, 2.05) is 0 Å². The first-order chi connectivity index (χ1) is 8.44. The molecule has 2 aliphatic heterocycles. The van der Waals surface area contributed by atoms with Crippen molar-refractivity contribution in [3.63, 3.8) is 0 Å². The van der Waals surface area contributed by atoms with Crippen LogP contribution in [0, 0.1) is 5.92 Å². The van der Waals surface area contributed by atoms with Crippen molar-refractivity contribution >= 4 is 5.91 Å². The number of halogens is 2. The highest BCUT2D eigenvalue weighted by atomic mass is 19.3. The van der Waals surface area contributed by atoms with Gasteiger partial charge in [0.2, 0.25) is 11.8 Å². The summed E-state index contributed by atoms with van der Waals surface area (Å²) in [6.07, 6.45) is 3.81. The Morgan fingerprint density at radius 2 is 1.78 bits per heavy atom. The maximum atomic E-state index is 12.8. The summed E-state index contributed by atoms with van der Waals surface area (Å²) in [6, 6.07) is 1.28. The molecule has 3 fully saturated rings. The van der Waals surface area contributed by atoms with Gasteiger partial charge in [0, 0.05) is 43.9 Å². The molecule has 1 amide bonds. The van der Waals surface area contributed by atoms with E-state index in [1.54, 1.807) is 11.9 Å². The summed E-state index contributed by atoms with van der Waals surface area (Å²) in [7, 11) is 1.79. The number of piperidine rings is 1. The number of hydrogen-bond acceptors (Lipinski definition) is 2. The molecule has 2 atom stereocenters. The predicted octanol–water partition coefficient (Wildman–Crippen LogP) is 1.77. The van der Waals surface area contributed by atoms with Gasteiger partial charge in [0.1, 0.15) is 0 Å². The SMILES string of the molecule is CN(C(=O)C1CC(F)(F)C1)C1CC2CCC(C1)N2. The van der Waals surface area contributed by atoms with Crippen LogP contribution >= 0.6 is 0 Å². The molecule has 5 heteroatoms. The molecule has 2 heterocycles. The molecule has 0 aromatic carbocycles. The van der Waals surface area contributed by atoms with Gasteiger partial charge in [-0.25, -0.2) is 8.78 Å². The van der Waals surface area contributed by atoms with Gasteiger partial charge in [-0.2, -0.15) is 0 Å². The summed E-state index contributed by atoms with van der Waals surface area (Å²) < 4.78 is 25.6. The third kappa shape index (κ3) is 2.13. The Kier molecular flexibility index (Phi) is 2.84. The van der Waals surface area contributed by atoms with Crippen molar-refractivity contribution < 1.29 is 13.6 Å². The second kappa shape index (κ2) is 4.15. The lowest BCUT2D eigenvalue weighted by Gasteiger charge is -2.41. The third-order valence-corrected chi connectivity index (χ3v) is 4.78. The van der Waals surface area contributed by atoms with Crippen molar-refractivity contribution in [3.05, 3.63) is 0 Å². The lowest BCUT2D eigenvalue weighted by molar-refractivity contribution is -0.161. The summed E-state index contributed by atoms with van der Waals surface area (Å²) in [6.45, 7) is 0. The number of alkyl halides is 2. The molecule has 1 saturated carbocycles. The zero-order chi connectivity index (χ0) is 12.9. The van der Waals surface area contributed by atoms with Crippen LogP contribution in [0.4, 0.5) is 8.78 Å². The van der Waals surface area contributed by atoms with E-state index in [1.165, 1.54) is 12.8 Å². The molecular weight excluding hydrogens is 238 g/mol. The molecule has 2 saturated heterocycles. The number of fused-ring (bicyclic) bond motifs is 2. The number of nitrogens with one attached hydrogen (secondary N) is 1. The molecule has 0 radical (unpaired) electrons. The minimum atomic E-state index is -2.60. The number of carbonyl (C=O) groups is 1. The largest absolute Gasteiger partial charge is 0.342 e. The van der Waals surface area contributed by atoms with Gasteiger partial charge in [-0.3, -0.25) is 4.79 Å². The maximum Gasteiger partial charge on any atom is 0.249 e. The third-order valence-electron chi connectivity index (χ3n) is 4.78. The second-order valence-corrected chi connectivity index (χ2v) is 6.17. The Morgan fingerprint density at radius 1 is 1.22 bits per heavy atom. The van der Waals surface area contributed by atoms with E-state index in [0.29, 0.717) is 12.1 Å². The standard InChI is InChI=1S/C13H20F2N2O/c1-17(12(18)8-6-13(14,15)7-8)11-4-9-2-3-10(5-11)16-9/h8-11,16H,2-7H2,1H3. The first kappa shape index (κ1) is 12.3. The normalized spacial score (nSPS) is 38.3. The Hall–Kier alpha value is -0.710. The van der Waals surface area contributed by atoms with Gasteiger partial charge in [0.25, 0.3) is 0 Å². The van der Waals surface area contributed by atoms with Crippen molar-refractivity contribution in [1.29, 1.82) is 0 Å². The quantitative estimate of drug-likeness (QED) is 0.818. The fourth-order valence-corrected chi connectivity index (χ4v) is 3.65. The van der Waals surface area contributed by atoms with E-state index in [2.05, 4.69) is 5.32 Å². The minimum Gasteiger partial charge on any atom is -0.342 e. The van der Waals surface area contributed by atoms with Crippen molar-refractivity contribution in [3.8, 4) is 0 Å². The fourth-order valence-electron chi connectivity index (χ4n) is 3.65. The molecule has 0 aromatic heterocycles. The Labute approximate surface area is 106 Å². The number of carbonyl (C=O) groups excluding carboxylic acids is 1. The average Bonchev–Trinajstić information content (AvgIpc) is 2.63. The van der Waals surface area contributed by atoms with Crippen molar-refractivity contribution in [1.82, 2.24) is 10.2 Å². The van der Waals surface area contributed by atoms with Gasteiger partial charge in [-0.15, -0.1) is 0 Å². The lowest BCUT2D eigenvalue weighted by Crippen LogP contribution is -2.53. The van der Waals surface area contributed by atoms with Crippen LogP contribution in [0.3, 0.4) is 0 Å². The number of nitrogens with zero attached hydrogens (tertiary/aromatic N) is 1. The predicted molar refractivity (Wildman–Crippen MR) is 63.4 cm³/mol. The highest BCUT2D eigenvalue weighted by Gasteiger charge is 2.50. The molecule has 0 spiro atoms. The van der Waals surface area contributed by atoms with E-state index in [9.17, 15) is 13.6 Å². The number of hydrogen-bond donors (Lipinski definition) is 1. The van der Waals surface area contributed by atoms with Crippen LogP contribution in [0.25, 0.3) is 0 Å². The highest BCUT2D eigenvalue weighted by molar-refractivity contribution is 5.80. The first-order valence-electron chi connectivity index (χ1n) is 6.85.